The van der Waals surface area contributed by atoms with E-state index in [0.29, 0.717) is 6.42 Å². The van der Waals surface area contributed by atoms with E-state index in [1.165, 1.54) is 26.4 Å². The number of ether oxygens (including phenoxy) is 2. The maximum atomic E-state index is 13.2. The summed E-state index contributed by atoms with van der Waals surface area (Å²) in [4.78, 5) is 23.5. The third kappa shape index (κ3) is 2.85. The van der Waals surface area contributed by atoms with Crippen LogP contribution in [0.2, 0.25) is 0 Å². The molecule has 0 radical (unpaired) electrons. The normalized spacial score (nSPS) is 11.8. The lowest BCUT2D eigenvalue weighted by atomic mass is 9.95. The number of rotatable bonds is 5. The number of esters is 1. The second-order valence-corrected chi connectivity index (χ2v) is 3.70. The Hall–Kier alpha value is -1.91. The summed E-state index contributed by atoms with van der Waals surface area (Å²) in [6.45, 7) is 1.71. The van der Waals surface area contributed by atoms with Crippen LogP contribution in [0.15, 0.2) is 18.2 Å². The van der Waals surface area contributed by atoms with Crippen molar-refractivity contribution in [2.24, 2.45) is 5.92 Å². The quantitative estimate of drug-likeness (QED) is 0.459. The minimum absolute atomic E-state index is 0.0273. The van der Waals surface area contributed by atoms with Crippen LogP contribution in [0.5, 0.6) is 5.75 Å². The molecule has 5 heteroatoms. The number of methoxy groups -OCH3 is 2. The number of halogens is 1. The van der Waals surface area contributed by atoms with Crippen molar-refractivity contribution in [1.82, 2.24) is 0 Å². The average molecular weight is 254 g/mol. The second kappa shape index (κ2) is 6.14. The van der Waals surface area contributed by atoms with Crippen molar-refractivity contribution in [3.63, 3.8) is 0 Å². The number of benzene rings is 1. The van der Waals surface area contributed by atoms with Crippen molar-refractivity contribution < 1.29 is 23.5 Å². The third-order valence-electron chi connectivity index (χ3n) is 2.65. The zero-order valence-corrected chi connectivity index (χ0v) is 10.5. The number of ketones is 1. The van der Waals surface area contributed by atoms with Gasteiger partial charge in [0.25, 0.3) is 0 Å². The molecule has 98 valence electrons. The number of carbonyl (C=O) groups excluding carboxylic acids is 2. The van der Waals surface area contributed by atoms with Crippen molar-refractivity contribution in [3.8, 4) is 5.75 Å². The average Bonchev–Trinajstić information content (AvgIpc) is 2.39. The number of hydrogen-bond acceptors (Lipinski definition) is 4. The van der Waals surface area contributed by atoms with Gasteiger partial charge in [-0.2, -0.15) is 0 Å². The lowest BCUT2D eigenvalue weighted by Crippen LogP contribution is -2.24. The molecule has 0 fully saturated rings. The Balaban J connectivity index is 3.06. The zero-order valence-electron chi connectivity index (χ0n) is 10.5. The van der Waals surface area contributed by atoms with E-state index in [-0.39, 0.29) is 11.3 Å². The lowest BCUT2D eigenvalue weighted by Gasteiger charge is -2.12. The molecule has 0 bridgehead atoms. The van der Waals surface area contributed by atoms with E-state index in [4.69, 9.17) is 4.74 Å². The molecule has 1 unspecified atom stereocenters. The number of carbonyl (C=O) groups is 2. The van der Waals surface area contributed by atoms with E-state index >= 15 is 0 Å². The second-order valence-electron chi connectivity index (χ2n) is 3.70. The van der Waals surface area contributed by atoms with Gasteiger partial charge in [0, 0.05) is 5.56 Å². The van der Waals surface area contributed by atoms with Crippen LogP contribution < -0.4 is 4.74 Å². The van der Waals surface area contributed by atoms with Gasteiger partial charge in [0.2, 0.25) is 0 Å². The number of Topliss-reactive ketones (excluding diaryl/α,β-unsaturated/α-hetero) is 1. The monoisotopic (exact) mass is 254 g/mol. The molecule has 0 saturated heterocycles. The first-order chi connectivity index (χ1) is 8.54. The molecule has 0 aliphatic heterocycles. The van der Waals surface area contributed by atoms with Crippen LogP contribution in [0.1, 0.15) is 23.7 Å². The highest BCUT2D eigenvalue weighted by atomic mass is 19.1. The molecule has 0 heterocycles. The highest BCUT2D eigenvalue weighted by Gasteiger charge is 2.27. The zero-order chi connectivity index (χ0) is 13.7. The Morgan fingerprint density at radius 3 is 2.50 bits per heavy atom. The first-order valence-electron chi connectivity index (χ1n) is 5.50. The Labute approximate surface area is 105 Å². The van der Waals surface area contributed by atoms with Crippen molar-refractivity contribution in [1.29, 1.82) is 0 Å². The van der Waals surface area contributed by atoms with E-state index in [1.807, 2.05) is 0 Å². The van der Waals surface area contributed by atoms with Crippen molar-refractivity contribution in [2.45, 2.75) is 13.3 Å². The van der Waals surface area contributed by atoms with Crippen LogP contribution in [-0.2, 0) is 9.53 Å². The molecule has 0 aromatic heterocycles. The molecule has 18 heavy (non-hydrogen) atoms. The van der Waals surface area contributed by atoms with E-state index in [2.05, 4.69) is 4.74 Å². The molecule has 0 N–H and O–H groups in total. The summed E-state index contributed by atoms with van der Waals surface area (Å²) in [5.74, 6) is -2.45. The Kier molecular flexibility index (Phi) is 4.83. The van der Waals surface area contributed by atoms with Crippen LogP contribution >= 0.6 is 0 Å². The molecule has 0 aliphatic rings. The van der Waals surface area contributed by atoms with Crippen molar-refractivity contribution >= 4 is 11.8 Å². The van der Waals surface area contributed by atoms with Crippen LogP contribution in [0.4, 0.5) is 4.39 Å². The van der Waals surface area contributed by atoms with E-state index in [0.717, 1.165) is 6.07 Å². The summed E-state index contributed by atoms with van der Waals surface area (Å²) in [5, 5.41) is 0. The molecule has 0 amide bonds. The predicted octanol–water partition coefficient (Wildman–Crippen LogP) is 2.22. The van der Waals surface area contributed by atoms with Crippen molar-refractivity contribution in [3.05, 3.63) is 29.6 Å². The van der Waals surface area contributed by atoms with Crippen LogP contribution in [0, 0.1) is 11.7 Å². The van der Waals surface area contributed by atoms with Gasteiger partial charge in [-0.3, -0.25) is 9.59 Å². The van der Waals surface area contributed by atoms with Crippen molar-refractivity contribution in [2.75, 3.05) is 14.2 Å². The summed E-state index contributed by atoms with van der Waals surface area (Å²) in [5.41, 5.74) is 0.227. The van der Waals surface area contributed by atoms with Gasteiger partial charge in [0.1, 0.15) is 5.92 Å². The topological polar surface area (TPSA) is 52.6 Å². The molecular weight excluding hydrogens is 239 g/mol. The molecule has 1 atom stereocenters. The SMILES string of the molecule is CCC(C(=O)OC)C(=O)c1ccc(F)c(OC)c1. The minimum atomic E-state index is -0.870. The Bertz CT molecular complexity index is 456. The summed E-state index contributed by atoms with van der Waals surface area (Å²) >= 11 is 0. The lowest BCUT2D eigenvalue weighted by molar-refractivity contribution is -0.143. The largest absolute Gasteiger partial charge is 0.494 e. The van der Waals surface area contributed by atoms with Gasteiger partial charge in [-0.15, -0.1) is 0 Å². The van der Waals surface area contributed by atoms with Crippen LogP contribution in [-0.4, -0.2) is 26.0 Å². The fraction of sp³-hybridized carbons (Fsp3) is 0.385. The molecule has 0 saturated carbocycles. The maximum absolute atomic E-state index is 13.2. The van der Waals surface area contributed by atoms with Crippen LogP contribution in [0.25, 0.3) is 0 Å². The Morgan fingerprint density at radius 2 is 2.00 bits per heavy atom. The van der Waals surface area contributed by atoms with Gasteiger partial charge in [-0.1, -0.05) is 6.92 Å². The molecule has 0 spiro atoms. The van der Waals surface area contributed by atoms with E-state index in [1.54, 1.807) is 6.92 Å². The molecule has 0 aliphatic carbocycles. The summed E-state index contributed by atoms with van der Waals surface area (Å²) in [6, 6.07) is 3.74. The maximum Gasteiger partial charge on any atom is 0.316 e. The molecule has 1 rings (SSSR count). The summed E-state index contributed by atoms with van der Waals surface area (Å²) < 4.78 is 22.6. The van der Waals surface area contributed by atoms with E-state index in [9.17, 15) is 14.0 Å². The van der Waals surface area contributed by atoms with Gasteiger partial charge >= 0.3 is 5.97 Å². The molecule has 1 aromatic carbocycles. The smallest absolute Gasteiger partial charge is 0.316 e. The standard InChI is InChI=1S/C13H15FO4/c1-4-9(13(16)18-3)12(15)8-5-6-10(14)11(7-8)17-2/h5-7,9H,4H2,1-3H3. The fourth-order valence-electron chi connectivity index (χ4n) is 1.62. The molecule has 1 aromatic rings. The fourth-order valence-corrected chi connectivity index (χ4v) is 1.62. The molecule has 4 nitrogen and oxygen atoms in total. The van der Waals surface area contributed by atoms with Gasteiger partial charge in [-0.05, 0) is 24.6 Å². The predicted molar refractivity (Wildman–Crippen MR) is 63.1 cm³/mol. The summed E-state index contributed by atoms with van der Waals surface area (Å²) in [7, 11) is 2.54. The Morgan fingerprint density at radius 1 is 1.33 bits per heavy atom. The number of hydrogen-bond donors (Lipinski definition) is 0. The van der Waals surface area contributed by atoms with Gasteiger partial charge in [0.05, 0.1) is 14.2 Å². The minimum Gasteiger partial charge on any atom is -0.494 e. The first kappa shape index (κ1) is 14.2. The third-order valence-corrected chi connectivity index (χ3v) is 2.65. The van der Waals surface area contributed by atoms with Gasteiger partial charge in [0.15, 0.2) is 17.3 Å². The van der Waals surface area contributed by atoms with E-state index < -0.39 is 23.5 Å². The van der Waals surface area contributed by atoms with Gasteiger partial charge < -0.3 is 9.47 Å². The van der Waals surface area contributed by atoms with Gasteiger partial charge in [-0.25, -0.2) is 4.39 Å². The molecular formula is C13H15FO4. The first-order valence-corrected chi connectivity index (χ1v) is 5.50. The van der Waals surface area contributed by atoms with Crippen LogP contribution in [0.3, 0.4) is 0 Å². The highest BCUT2D eigenvalue weighted by molar-refractivity contribution is 6.08. The highest BCUT2D eigenvalue weighted by Crippen LogP contribution is 2.21. The summed E-state index contributed by atoms with van der Waals surface area (Å²) in [6.07, 6.45) is 0.325.